The van der Waals surface area contributed by atoms with Crippen LogP contribution < -0.4 is 15.9 Å². The molecule has 0 aliphatic heterocycles. The molecule has 25 heavy (non-hydrogen) atoms. The monoisotopic (exact) mass is 413 g/mol. The first-order valence-corrected chi connectivity index (χ1v) is 10.1. The van der Waals surface area contributed by atoms with E-state index in [0.29, 0.717) is 12.0 Å². The smallest absolute Gasteiger partial charge is 0.337 e. The number of hydrogen-bond acceptors (Lipinski definition) is 2. The molecule has 5 heteroatoms. The molecule has 3 aromatic rings. The first-order chi connectivity index (χ1) is 12.1. The number of aromatic carboxylic acids is 1. The molecule has 0 fully saturated rings. The van der Waals surface area contributed by atoms with Crippen LogP contribution in [-0.4, -0.2) is 17.4 Å². The van der Waals surface area contributed by atoms with Gasteiger partial charge in [0.25, 0.3) is 0 Å². The number of carboxylic acid groups (broad SMARTS) is 1. The molecule has 0 heterocycles. The standard InChI is InChI=1S/C20H17BrNO2P/c21-15-11-12-19(18(13-15)20(23)24)22-14-25(16-7-3-1-4-8-16)17-9-5-2-6-10-17/h1-13,22H,14H2,(H,23,24). The third-order valence-corrected chi connectivity index (χ3v) is 6.59. The lowest BCUT2D eigenvalue weighted by Crippen LogP contribution is -2.18. The van der Waals surface area contributed by atoms with Crippen LogP contribution >= 0.6 is 23.9 Å². The van der Waals surface area contributed by atoms with Crippen LogP contribution in [0.3, 0.4) is 0 Å². The number of carboxylic acids is 1. The van der Waals surface area contributed by atoms with Gasteiger partial charge in [0.15, 0.2) is 0 Å². The predicted molar refractivity (Wildman–Crippen MR) is 109 cm³/mol. The molecule has 0 bridgehead atoms. The minimum atomic E-state index is -0.937. The molecule has 3 nitrogen and oxygen atoms in total. The van der Waals surface area contributed by atoms with Crippen LogP contribution in [0.5, 0.6) is 0 Å². The van der Waals surface area contributed by atoms with Gasteiger partial charge in [-0.25, -0.2) is 4.79 Å². The van der Waals surface area contributed by atoms with E-state index in [0.717, 1.165) is 4.47 Å². The molecular formula is C20H17BrNO2P. The molecule has 0 radical (unpaired) electrons. The lowest BCUT2D eigenvalue weighted by atomic mass is 10.2. The molecule has 0 aliphatic rings. The third kappa shape index (κ3) is 4.47. The van der Waals surface area contributed by atoms with E-state index >= 15 is 0 Å². The zero-order valence-electron chi connectivity index (χ0n) is 13.4. The summed E-state index contributed by atoms with van der Waals surface area (Å²) in [5.41, 5.74) is 0.903. The molecule has 0 saturated heterocycles. The number of carbonyl (C=O) groups is 1. The molecule has 3 rings (SSSR count). The van der Waals surface area contributed by atoms with Crippen molar-refractivity contribution in [3.63, 3.8) is 0 Å². The van der Waals surface area contributed by atoms with Crippen molar-refractivity contribution < 1.29 is 9.90 Å². The quantitative estimate of drug-likeness (QED) is 0.578. The van der Waals surface area contributed by atoms with Gasteiger partial charge in [0.05, 0.1) is 5.56 Å². The lowest BCUT2D eigenvalue weighted by Gasteiger charge is -2.20. The summed E-state index contributed by atoms with van der Waals surface area (Å²) in [5, 5.41) is 15.3. The van der Waals surface area contributed by atoms with E-state index in [2.05, 4.69) is 45.5 Å². The maximum absolute atomic E-state index is 11.5. The fourth-order valence-electron chi connectivity index (χ4n) is 2.56. The SMILES string of the molecule is O=C(O)c1cc(Br)ccc1NCP(c1ccccc1)c1ccccc1. The number of halogens is 1. The summed E-state index contributed by atoms with van der Waals surface area (Å²) in [4.78, 5) is 11.5. The highest BCUT2D eigenvalue weighted by Crippen LogP contribution is 2.34. The first kappa shape index (κ1) is 17.7. The van der Waals surface area contributed by atoms with E-state index in [9.17, 15) is 9.90 Å². The molecule has 3 aromatic carbocycles. The van der Waals surface area contributed by atoms with Crippen LogP contribution in [0.15, 0.2) is 83.3 Å². The molecular weight excluding hydrogens is 397 g/mol. The van der Waals surface area contributed by atoms with Gasteiger partial charge in [0.1, 0.15) is 0 Å². The lowest BCUT2D eigenvalue weighted by molar-refractivity contribution is 0.0698. The highest BCUT2D eigenvalue weighted by molar-refractivity contribution is 9.10. The van der Waals surface area contributed by atoms with Crippen molar-refractivity contribution in [2.24, 2.45) is 0 Å². The summed E-state index contributed by atoms with van der Waals surface area (Å²) in [6.45, 7) is 0. The van der Waals surface area contributed by atoms with E-state index in [1.165, 1.54) is 10.6 Å². The maximum atomic E-state index is 11.5. The fourth-order valence-corrected chi connectivity index (χ4v) is 4.98. The van der Waals surface area contributed by atoms with Crippen molar-refractivity contribution in [2.75, 3.05) is 11.6 Å². The summed E-state index contributed by atoms with van der Waals surface area (Å²) in [6.07, 6.45) is 0.672. The third-order valence-electron chi connectivity index (χ3n) is 3.78. The van der Waals surface area contributed by atoms with Gasteiger partial charge in [-0.1, -0.05) is 76.6 Å². The topological polar surface area (TPSA) is 49.3 Å². The average Bonchev–Trinajstić information content (AvgIpc) is 2.64. The minimum absolute atomic E-state index is 0.269. The molecule has 0 unspecified atom stereocenters. The molecule has 0 aromatic heterocycles. The Bertz CT molecular complexity index is 817. The van der Waals surface area contributed by atoms with Crippen LogP contribution in [0.2, 0.25) is 0 Å². The Balaban J connectivity index is 1.89. The van der Waals surface area contributed by atoms with Crippen molar-refractivity contribution in [2.45, 2.75) is 0 Å². The fraction of sp³-hybridized carbons (Fsp3) is 0.0500. The summed E-state index contributed by atoms with van der Waals surface area (Å²) >= 11 is 3.33. The Morgan fingerprint density at radius 1 is 0.920 bits per heavy atom. The van der Waals surface area contributed by atoms with Gasteiger partial charge in [-0.05, 0) is 36.7 Å². The Hall–Kier alpha value is -2.16. The van der Waals surface area contributed by atoms with Gasteiger partial charge in [0.2, 0.25) is 0 Å². The minimum Gasteiger partial charge on any atom is -0.478 e. The van der Waals surface area contributed by atoms with Gasteiger partial charge >= 0.3 is 5.97 Å². The van der Waals surface area contributed by atoms with E-state index in [1.54, 1.807) is 12.1 Å². The number of hydrogen-bond donors (Lipinski definition) is 2. The van der Waals surface area contributed by atoms with Crippen LogP contribution in [0.25, 0.3) is 0 Å². The number of nitrogens with one attached hydrogen (secondary N) is 1. The largest absolute Gasteiger partial charge is 0.478 e. The van der Waals surface area contributed by atoms with Crippen molar-refractivity contribution in [1.82, 2.24) is 0 Å². The van der Waals surface area contributed by atoms with Crippen molar-refractivity contribution in [3.8, 4) is 0 Å². The maximum Gasteiger partial charge on any atom is 0.337 e. The summed E-state index contributed by atoms with van der Waals surface area (Å²) < 4.78 is 0.754. The number of benzene rings is 3. The Labute approximate surface area is 156 Å². The highest BCUT2D eigenvalue weighted by atomic mass is 79.9. The second kappa shape index (κ2) is 8.28. The Kier molecular flexibility index (Phi) is 5.85. The number of rotatable bonds is 6. The molecule has 0 spiro atoms. The van der Waals surface area contributed by atoms with Gasteiger partial charge < -0.3 is 10.4 Å². The van der Waals surface area contributed by atoms with Gasteiger partial charge in [-0.15, -0.1) is 0 Å². The second-order valence-corrected chi connectivity index (χ2v) is 8.55. The summed E-state index contributed by atoms with van der Waals surface area (Å²) in [5.74, 6) is -0.937. The normalized spacial score (nSPS) is 10.6. The van der Waals surface area contributed by atoms with E-state index in [4.69, 9.17) is 0 Å². The molecule has 2 N–H and O–H groups in total. The molecule has 0 amide bonds. The first-order valence-electron chi connectivity index (χ1n) is 7.79. The van der Waals surface area contributed by atoms with Crippen LogP contribution in [0.1, 0.15) is 10.4 Å². The average molecular weight is 414 g/mol. The molecule has 0 saturated carbocycles. The van der Waals surface area contributed by atoms with E-state index < -0.39 is 13.9 Å². The van der Waals surface area contributed by atoms with Gasteiger partial charge in [-0.3, -0.25) is 0 Å². The van der Waals surface area contributed by atoms with E-state index in [-0.39, 0.29) is 5.56 Å². The highest BCUT2D eigenvalue weighted by Gasteiger charge is 2.16. The van der Waals surface area contributed by atoms with E-state index in [1.807, 2.05) is 42.5 Å². The summed E-state index contributed by atoms with van der Waals surface area (Å²) in [7, 11) is -0.630. The zero-order valence-corrected chi connectivity index (χ0v) is 15.9. The Morgan fingerprint density at radius 2 is 1.48 bits per heavy atom. The second-order valence-electron chi connectivity index (χ2n) is 5.43. The van der Waals surface area contributed by atoms with Crippen LogP contribution in [-0.2, 0) is 0 Å². The molecule has 126 valence electrons. The predicted octanol–water partition coefficient (Wildman–Crippen LogP) is 4.65. The van der Waals surface area contributed by atoms with Crippen molar-refractivity contribution >= 4 is 46.1 Å². The van der Waals surface area contributed by atoms with Gasteiger partial charge in [-0.2, -0.15) is 0 Å². The van der Waals surface area contributed by atoms with Gasteiger partial charge in [0, 0.05) is 16.4 Å². The van der Waals surface area contributed by atoms with Crippen molar-refractivity contribution in [1.29, 1.82) is 0 Å². The Morgan fingerprint density at radius 3 is 2.00 bits per heavy atom. The molecule has 0 atom stereocenters. The van der Waals surface area contributed by atoms with Crippen LogP contribution in [0.4, 0.5) is 5.69 Å². The van der Waals surface area contributed by atoms with Crippen molar-refractivity contribution in [3.05, 3.63) is 88.9 Å². The number of anilines is 1. The summed E-state index contributed by atoms with van der Waals surface area (Å²) in [6, 6.07) is 25.9. The zero-order chi connectivity index (χ0) is 17.6. The van der Waals surface area contributed by atoms with Crippen LogP contribution in [0, 0.1) is 0 Å². The molecule has 0 aliphatic carbocycles.